The Bertz CT molecular complexity index is 187. The van der Waals surface area contributed by atoms with Crippen LogP contribution in [0.2, 0.25) is 0 Å². The summed E-state index contributed by atoms with van der Waals surface area (Å²) >= 11 is 0. The monoisotopic (exact) mass is 180 g/mol. The van der Waals surface area contributed by atoms with Crippen LogP contribution in [0.5, 0.6) is 0 Å². The van der Waals surface area contributed by atoms with Crippen LogP contribution in [0.1, 0.15) is 25.7 Å². The fourth-order valence-electron chi connectivity index (χ4n) is 3.67. The summed E-state index contributed by atoms with van der Waals surface area (Å²) in [6.45, 7) is 5.03. The van der Waals surface area contributed by atoms with Gasteiger partial charge in [-0.2, -0.15) is 0 Å². The summed E-state index contributed by atoms with van der Waals surface area (Å²) in [6.07, 6.45) is 6.13. The molecule has 2 bridgehead atoms. The van der Waals surface area contributed by atoms with Crippen molar-refractivity contribution in [1.82, 2.24) is 10.2 Å². The molecule has 0 aromatic carbocycles. The molecule has 2 nitrogen and oxygen atoms in total. The molecular formula is C11H20N2. The first-order chi connectivity index (χ1) is 6.43. The lowest BCUT2D eigenvalue weighted by atomic mass is 9.93. The molecule has 0 aromatic rings. The van der Waals surface area contributed by atoms with E-state index >= 15 is 0 Å². The van der Waals surface area contributed by atoms with Crippen molar-refractivity contribution in [3.8, 4) is 0 Å². The second-order valence-electron chi connectivity index (χ2n) is 5.03. The molecule has 13 heavy (non-hydrogen) atoms. The van der Waals surface area contributed by atoms with E-state index in [1.165, 1.54) is 45.4 Å². The Hall–Kier alpha value is -0.0800. The second-order valence-corrected chi connectivity index (χ2v) is 5.03. The number of nitrogens with zero attached hydrogens (tertiary/aromatic N) is 1. The molecule has 0 aromatic heterocycles. The molecule has 3 rings (SSSR count). The highest BCUT2D eigenvalue weighted by molar-refractivity contribution is 4.96. The fraction of sp³-hybridized carbons (Fsp3) is 1.00. The van der Waals surface area contributed by atoms with E-state index in [2.05, 4.69) is 10.2 Å². The summed E-state index contributed by atoms with van der Waals surface area (Å²) in [7, 11) is 0. The first-order valence-corrected chi connectivity index (χ1v) is 5.88. The van der Waals surface area contributed by atoms with Crippen molar-refractivity contribution in [3.63, 3.8) is 0 Å². The molecular weight excluding hydrogens is 160 g/mol. The average molecular weight is 180 g/mol. The maximum absolute atomic E-state index is 3.44. The predicted octanol–water partition coefficient (Wildman–Crippen LogP) is 1.08. The van der Waals surface area contributed by atoms with Crippen molar-refractivity contribution >= 4 is 0 Å². The Morgan fingerprint density at radius 3 is 2.46 bits per heavy atom. The standard InChI is InChI=1S/C11H20N2/c1-2-10-7-9(1)8-11(10)13-5-3-12-4-6-13/h9-12H,1-8H2. The van der Waals surface area contributed by atoms with Crippen LogP contribution in [-0.4, -0.2) is 37.1 Å². The highest BCUT2D eigenvalue weighted by atomic mass is 15.2. The zero-order valence-electron chi connectivity index (χ0n) is 8.34. The SMILES string of the molecule is C1CN(C2CC3CCC2C3)CCN1. The highest BCUT2D eigenvalue weighted by Crippen LogP contribution is 2.46. The van der Waals surface area contributed by atoms with Crippen LogP contribution in [0, 0.1) is 11.8 Å². The van der Waals surface area contributed by atoms with E-state index in [0.717, 1.165) is 17.9 Å². The van der Waals surface area contributed by atoms with E-state index in [9.17, 15) is 0 Å². The normalized spacial score (nSPS) is 45.7. The minimum atomic E-state index is 0.973. The van der Waals surface area contributed by atoms with E-state index in [1.807, 2.05) is 0 Å². The van der Waals surface area contributed by atoms with Gasteiger partial charge in [0, 0.05) is 32.2 Å². The topological polar surface area (TPSA) is 15.3 Å². The minimum absolute atomic E-state index is 0.973. The predicted molar refractivity (Wildman–Crippen MR) is 53.7 cm³/mol. The molecule has 1 saturated heterocycles. The lowest BCUT2D eigenvalue weighted by molar-refractivity contribution is 0.126. The molecule has 3 fully saturated rings. The molecule has 0 radical (unpaired) electrons. The lowest BCUT2D eigenvalue weighted by Crippen LogP contribution is -2.50. The van der Waals surface area contributed by atoms with Crippen LogP contribution in [0.4, 0.5) is 0 Å². The smallest absolute Gasteiger partial charge is 0.0127 e. The summed E-state index contributed by atoms with van der Waals surface area (Å²) in [5.74, 6) is 2.17. The van der Waals surface area contributed by atoms with Gasteiger partial charge in [0.25, 0.3) is 0 Å². The lowest BCUT2D eigenvalue weighted by Gasteiger charge is -2.37. The molecule has 2 saturated carbocycles. The van der Waals surface area contributed by atoms with Crippen LogP contribution >= 0.6 is 0 Å². The zero-order chi connectivity index (χ0) is 8.67. The molecule has 2 heteroatoms. The molecule has 2 aliphatic carbocycles. The van der Waals surface area contributed by atoms with Crippen LogP contribution in [0.25, 0.3) is 0 Å². The van der Waals surface area contributed by atoms with Gasteiger partial charge in [-0.1, -0.05) is 6.42 Å². The Labute approximate surface area is 80.7 Å². The first-order valence-electron chi connectivity index (χ1n) is 5.88. The molecule has 0 amide bonds. The van der Waals surface area contributed by atoms with E-state index in [0.29, 0.717) is 0 Å². The zero-order valence-corrected chi connectivity index (χ0v) is 8.34. The number of fused-ring (bicyclic) bond motifs is 2. The van der Waals surface area contributed by atoms with Crippen LogP contribution in [-0.2, 0) is 0 Å². The Kier molecular flexibility index (Phi) is 2.06. The molecule has 3 atom stereocenters. The summed E-state index contributed by atoms with van der Waals surface area (Å²) < 4.78 is 0. The van der Waals surface area contributed by atoms with Gasteiger partial charge < -0.3 is 5.32 Å². The van der Waals surface area contributed by atoms with Gasteiger partial charge in [-0.15, -0.1) is 0 Å². The third-order valence-electron chi connectivity index (χ3n) is 4.32. The van der Waals surface area contributed by atoms with Crippen molar-refractivity contribution in [2.45, 2.75) is 31.7 Å². The van der Waals surface area contributed by atoms with Gasteiger partial charge in [0.1, 0.15) is 0 Å². The van der Waals surface area contributed by atoms with Gasteiger partial charge in [0.05, 0.1) is 0 Å². The van der Waals surface area contributed by atoms with E-state index in [-0.39, 0.29) is 0 Å². The van der Waals surface area contributed by atoms with Crippen molar-refractivity contribution in [2.75, 3.05) is 26.2 Å². The largest absolute Gasteiger partial charge is 0.314 e. The summed E-state index contributed by atoms with van der Waals surface area (Å²) in [5.41, 5.74) is 0. The molecule has 1 heterocycles. The fourth-order valence-corrected chi connectivity index (χ4v) is 3.67. The van der Waals surface area contributed by atoms with Crippen molar-refractivity contribution in [1.29, 1.82) is 0 Å². The maximum Gasteiger partial charge on any atom is 0.0127 e. The van der Waals surface area contributed by atoms with Gasteiger partial charge >= 0.3 is 0 Å². The summed E-state index contributed by atoms with van der Waals surface area (Å²) in [4.78, 5) is 2.75. The molecule has 3 unspecified atom stereocenters. The number of piperazine rings is 1. The number of hydrogen-bond donors (Lipinski definition) is 1. The van der Waals surface area contributed by atoms with Gasteiger partial charge in [-0.3, -0.25) is 4.90 Å². The first kappa shape index (κ1) is 8.25. The number of rotatable bonds is 1. The molecule has 1 N–H and O–H groups in total. The van der Waals surface area contributed by atoms with E-state index < -0.39 is 0 Å². The summed E-state index contributed by atoms with van der Waals surface area (Å²) in [5, 5.41) is 3.44. The Balaban J connectivity index is 1.65. The maximum atomic E-state index is 3.44. The summed E-state index contributed by atoms with van der Waals surface area (Å²) in [6, 6.07) is 0.973. The Morgan fingerprint density at radius 2 is 1.85 bits per heavy atom. The molecule has 74 valence electrons. The van der Waals surface area contributed by atoms with Crippen LogP contribution in [0.15, 0.2) is 0 Å². The average Bonchev–Trinajstić information content (AvgIpc) is 2.80. The van der Waals surface area contributed by atoms with Crippen LogP contribution in [0.3, 0.4) is 0 Å². The van der Waals surface area contributed by atoms with Gasteiger partial charge in [-0.25, -0.2) is 0 Å². The van der Waals surface area contributed by atoms with Gasteiger partial charge in [-0.05, 0) is 31.1 Å². The quantitative estimate of drug-likeness (QED) is 0.649. The molecule has 1 aliphatic heterocycles. The van der Waals surface area contributed by atoms with E-state index in [4.69, 9.17) is 0 Å². The minimum Gasteiger partial charge on any atom is -0.314 e. The molecule has 3 aliphatic rings. The number of nitrogens with one attached hydrogen (secondary N) is 1. The number of hydrogen-bond acceptors (Lipinski definition) is 2. The van der Waals surface area contributed by atoms with Crippen molar-refractivity contribution in [3.05, 3.63) is 0 Å². The third-order valence-corrected chi connectivity index (χ3v) is 4.32. The molecule has 0 spiro atoms. The van der Waals surface area contributed by atoms with Gasteiger partial charge in [0.15, 0.2) is 0 Å². The van der Waals surface area contributed by atoms with Gasteiger partial charge in [0.2, 0.25) is 0 Å². The van der Waals surface area contributed by atoms with E-state index in [1.54, 1.807) is 6.42 Å². The van der Waals surface area contributed by atoms with Crippen molar-refractivity contribution in [2.24, 2.45) is 11.8 Å². The highest BCUT2D eigenvalue weighted by Gasteiger charge is 2.42. The Morgan fingerprint density at radius 1 is 1.00 bits per heavy atom. The van der Waals surface area contributed by atoms with Crippen molar-refractivity contribution < 1.29 is 0 Å². The third kappa shape index (κ3) is 1.40. The second kappa shape index (κ2) is 3.25. The van der Waals surface area contributed by atoms with Crippen LogP contribution < -0.4 is 5.32 Å².